The van der Waals surface area contributed by atoms with E-state index in [-0.39, 0.29) is 6.10 Å². The van der Waals surface area contributed by atoms with Gasteiger partial charge in [0.25, 0.3) is 0 Å². The first-order valence-electron chi connectivity index (χ1n) is 37.6. The lowest BCUT2D eigenvalue weighted by Crippen LogP contribution is -2.35. The van der Waals surface area contributed by atoms with Gasteiger partial charge in [0.1, 0.15) is 34.9 Å². The monoisotopic (exact) mass is 1440 g/mol. The molecule has 15 rings (SSSR count). The number of anilines is 4. The van der Waals surface area contributed by atoms with Gasteiger partial charge in [-0.05, 0) is 210 Å². The molecule has 0 saturated heterocycles. The van der Waals surface area contributed by atoms with Crippen molar-refractivity contribution < 1.29 is 18.9 Å². The van der Waals surface area contributed by atoms with Crippen LogP contribution in [0.4, 0.5) is 23.8 Å². The van der Waals surface area contributed by atoms with E-state index < -0.39 is 0 Å². The number of ether oxygens (including phenoxy) is 4. The number of hydrogen-bond donors (Lipinski definition) is 6. The molecule has 11 heterocycles. The Hall–Kier alpha value is -8.67. The van der Waals surface area contributed by atoms with Crippen LogP contribution >= 0.6 is 0 Å². The smallest absolute Gasteiger partial charge is 0.203 e. The summed E-state index contributed by atoms with van der Waals surface area (Å²) in [6, 6.07) is 20.6. The van der Waals surface area contributed by atoms with Crippen LogP contribution in [0.3, 0.4) is 0 Å². The maximum atomic E-state index is 6.30. The average molecular weight is 1440 g/mol. The number of nitrogens with two attached hydrogens (primary N) is 4. The topological polar surface area (TPSA) is 281 Å². The molecule has 4 aromatic carbocycles. The van der Waals surface area contributed by atoms with Gasteiger partial charge in [-0.25, -0.2) is 24.9 Å². The molecule has 27 heteroatoms. The van der Waals surface area contributed by atoms with E-state index in [4.69, 9.17) is 46.9 Å². The summed E-state index contributed by atoms with van der Waals surface area (Å²) in [6.07, 6.45) is 12.8. The fourth-order valence-corrected chi connectivity index (χ4v) is 15.9. The molecule has 568 valence electrons. The van der Waals surface area contributed by atoms with E-state index in [0.29, 0.717) is 54.7 Å². The molecule has 0 saturated carbocycles. The highest BCUT2D eigenvalue weighted by Crippen LogP contribution is 2.41. The van der Waals surface area contributed by atoms with E-state index in [2.05, 4.69) is 209 Å². The van der Waals surface area contributed by atoms with Crippen LogP contribution < -0.4 is 47.2 Å². The Labute approximate surface area is 619 Å². The van der Waals surface area contributed by atoms with Gasteiger partial charge >= 0.3 is 0 Å². The van der Waals surface area contributed by atoms with Gasteiger partial charge in [-0.1, -0.05) is 0 Å². The predicted octanol–water partition coefficient (Wildman–Crippen LogP) is 7.15. The molecular formula is C78H117N23O4. The molecule has 0 fully saturated rings. The number of nitrogens with zero attached hydrogens (tertiary/aromatic N) is 17. The molecule has 10 aromatic rings. The van der Waals surface area contributed by atoms with Crippen molar-refractivity contribution in [2.24, 2.45) is 36.5 Å². The molecule has 0 amide bonds. The van der Waals surface area contributed by atoms with Gasteiger partial charge in [-0.15, -0.1) is 0 Å². The molecule has 0 bridgehead atoms. The second-order valence-corrected chi connectivity index (χ2v) is 31.2. The van der Waals surface area contributed by atoms with Crippen LogP contribution in [0.5, 0.6) is 23.0 Å². The summed E-state index contributed by atoms with van der Waals surface area (Å²) in [6.45, 7) is 16.2. The number of nitrogen functional groups attached to an aromatic ring is 3. The molecule has 0 aliphatic carbocycles. The van der Waals surface area contributed by atoms with Crippen molar-refractivity contribution in [1.82, 2.24) is 87.0 Å². The Morgan fingerprint density at radius 1 is 0.495 bits per heavy atom. The van der Waals surface area contributed by atoms with E-state index in [0.717, 1.165) is 223 Å². The summed E-state index contributed by atoms with van der Waals surface area (Å²) in [5, 5.41) is 3.53. The number of aromatic amines is 1. The molecule has 6 aromatic heterocycles. The SMILES string of the molecule is CN(C)CC1COc2ccc3nc4n(c3c2C1)CC(CN(C)C)CN4.CN(C)CCCn1c(N)nc2ccc3c(c21)CC(CN(C)Cc1cccn1C)O3.CN(C)CCCn1c(N)nc2ccc3c(c21)CC(CN(C)Cc1ncc[nH]1)CO3.CN(C)CCCn1c(N)nc2ccc3c(c21)CC(CN)CO3. The Balaban J connectivity index is 0.000000132. The zero-order valence-electron chi connectivity index (χ0n) is 64.6. The van der Waals surface area contributed by atoms with Crippen molar-refractivity contribution >= 4 is 67.9 Å². The molecule has 5 aliphatic heterocycles. The van der Waals surface area contributed by atoms with Crippen LogP contribution in [-0.2, 0) is 72.0 Å². The first-order valence-corrected chi connectivity index (χ1v) is 37.6. The quantitative estimate of drug-likeness (QED) is 0.0331. The Morgan fingerprint density at radius 2 is 0.952 bits per heavy atom. The first kappa shape index (κ1) is 76.0. The fraction of sp³-hybridized carbons (Fsp3) is 0.551. The van der Waals surface area contributed by atoms with Gasteiger partial charge in [0.05, 0.1) is 70.5 Å². The minimum absolute atomic E-state index is 0.146. The number of imidazole rings is 5. The minimum atomic E-state index is 0.146. The highest BCUT2D eigenvalue weighted by molar-refractivity contribution is 5.87. The summed E-state index contributed by atoms with van der Waals surface area (Å²) in [5.41, 5.74) is 39.4. The van der Waals surface area contributed by atoms with Crippen LogP contribution in [-0.4, -0.2) is 256 Å². The van der Waals surface area contributed by atoms with Crippen molar-refractivity contribution in [3.8, 4) is 23.0 Å². The Bertz CT molecular complexity index is 4480. The van der Waals surface area contributed by atoms with Gasteiger partial charge < -0.3 is 99.5 Å². The lowest BCUT2D eigenvalue weighted by atomic mass is 9.95. The highest BCUT2D eigenvalue weighted by Gasteiger charge is 2.32. The first-order chi connectivity index (χ1) is 50.5. The highest BCUT2D eigenvalue weighted by atomic mass is 16.5. The van der Waals surface area contributed by atoms with E-state index in [1.165, 1.54) is 33.5 Å². The third-order valence-electron chi connectivity index (χ3n) is 20.7. The van der Waals surface area contributed by atoms with Crippen molar-refractivity contribution in [2.45, 2.75) is 90.3 Å². The zero-order chi connectivity index (χ0) is 74.2. The fourth-order valence-electron chi connectivity index (χ4n) is 15.9. The zero-order valence-corrected chi connectivity index (χ0v) is 64.6. The van der Waals surface area contributed by atoms with E-state index >= 15 is 0 Å². The van der Waals surface area contributed by atoms with Crippen molar-refractivity contribution in [3.63, 3.8) is 0 Å². The maximum absolute atomic E-state index is 6.30. The minimum Gasteiger partial charge on any atom is -0.493 e. The summed E-state index contributed by atoms with van der Waals surface area (Å²) in [5.74, 6) is 9.60. The Kier molecular flexibility index (Phi) is 24.8. The van der Waals surface area contributed by atoms with Crippen LogP contribution in [0.15, 0.2) is 79.3 Å². The van der Waals surface area contributed by atoms with Crippen LogP contribution in [0.1, 0.15) is 53.0 Å². The summed E-state index contributed by atoms with van der Waals surface area (Å²) >= 11 is 0. The predicted molar refractivity (Wildman–Crippen MR) is 423 cm³/mol. The van der Waals surface area contributed by atoms with E-state index in [1.807, 2.05) is 42.6 Å². The number of likely N-dealkylation sites (N-methyl/N-ethyl adjacent to an activating group) is 1. The number of aromatic nitrogens is 11. The summed E-state index contributed by atoms with van der Waals surface area (Å²) < 4.78 is 35.4. The lowest BCUT2D eigenvalue weighted by Gasteiger charge is -2.30. The standard InChI is InChI=1S/C22H32N6O.C21H31N7O.C19H29N5O.C16H25N5O/c1-25(2)10-6-12-28-21-18-13-17(15-26(3)14-16-7-5-11-27(16)4)29-20(18)9-8-19(21)24-22(28)23;1-26(2)9-4-10-28-20-16-11-15(12-27(3)13-19-23-7-8-24-19)14-29-18(16)6-5-17(20)25-21(28)22;1-22(2)9-13-7-15-17(25-12-13)6-5-16-18(15)24-11-14(10-23(3)4)8-20-19(24)21-16;1-20(2)6-3-7-21-15-12-8-11(9-17)10-22-14(12)5-4-13(15)19-16(21)18/h5,7-9,11,17H,6,10,12-15H2,1-4H3,(H2,23,24);5-8,15H,4,9-14H2,1-3H3,(H2,22,25)(H,23,24);5-6,13-14H,7-12H2,1-4H3,(H,20,21);4-5,11H,3,6-10,17H2,1-2H3,(H2,18,19). The third-order valence-corrected chi connectivity index (χ3v) is 20.7. The van der Waals surface area contributed by atoms with Gasteiger partial charge in [-0.3, -0.25) is 9.80 Å². The number of benzene rings is 4. The van der Waals surface area contributed by atoms with Crippen molar-refractivity contribution in [1.29, 1.82) is 0 Å². The summed E-state index contributed by atoms with van der Waals surface area (Å²) in [4.78, 5) is 41.7. The Morgan fingerprint density at radius 3 is 1.43 bits per heavy atom. The second-order valence-electron chi connectivity index (χ2n) is 31.2. The van der Waals surface area contributed by atoms with Crippen molar-refractivity contribution in [3.05, 3.63) is 113 Å². The lowest BCUT2D eigenvalue weighted by molar-refractivity contribution is 0.163. The number of nitrogens with one attached hydrogen (secondary N) is 2. The largest absolute Gasteiger partial charge is 0.493 e. The van der Waals surface area contributed by atoms with Crippen molar-refractivity contribution in [2.75, 3.05) is 186 Å². The number of aryl methyl sites for hydroxylation is 4. The average Bonchev–Trinajstić information content (AvgIpc) is 1.66. The molecule has 105 heavy (non-hydrogen) atoms. The van der Waals surface area contributed by atoms with Crippen LogP contribution in [0.25, 0.3) is 44.1 Å². The normalized spacial score (nSPS) is 18.1. The number of fused-ring (bicyclic) bond motifs is 14. The number of rotatable bonds is 25. The van der Waals surface area contributed by atoms with Gasteiger partial charge in [0, 0.05) is 149 Å². The maximum Gasteiger partial charge on any atom is 0.203 e. The van der Waals surface area contributed by atoms with E-state index in [9.17, 15) is 0 Å². The third kappa shape index (κ3) is 18.4. The molecule has 0 spiro atoms. The molecular weight excluding hydrogens is 1320 g/mol. The molecule has 5 atom stereocenters. The van der Waals surface area contributed by atoms with Crippen LogP contribution in [0, 0.1) is 23.7 Å². The summed E-state index contributed by atoms with van der Waals surface area (Å²) in [7, 11) is 27.4. The van der Waals surface area contributed by atoms with Gasteiger partial charge in [0.2, 0.25) is 23.8 Å². The molecule has 0 radical (unpaired) electrons. The molecule has 10 N–H and O–H groups in total. The molecule has 27 nitrogen and oxygen atoms in total. The van der Waals surface area contributed by atoms with Gasteiger partial charge in [0.15, 0.2) is 0 Å². The number of hydrogen-bond acceptors (Lipinski definition) is 21. The van der Waals surface area contributed by atoms with Gasteiger partial charge in [-0.2, -0.15) is 0 Å². The second kappa shape index (κ2) is 34.3. The number of H-pyrrole nitrogens is 1. The van der Waals surface area contributed by atoms with E-state index in [1.54, 1.807) is 6.20 Å². The molecule has 5 unspecified atom stereocenters. The molecule has 5 aliphatic rings. The van der Waals surface area contributed by atoms with Crippen LogP contribution in [0.2, 0.25) is 0 Å².